The van der Waals surface area contributed by atoms with Gasteiger partial charge in [-0.15, -0.1) is 0 Å². The summed E-state index contributed by atoms with van der Waals surface area (Å²) < 4.78 is 0. The van der Waals surface area contributed by atoms with Crippen LogP contribution >= 0.6 is 0 Å². The summed E-state index contributed by atoms with van der Waals surface area (Å²) in [6.07, 6.45) is 0.157. The van der Waals surface area contributed by atoms with Gasteiger partial charge in [0, 0.05) is 19.7 Å². The summed E-state index contributed by atoms with van der Waals surface area (Å²) in [5, 5.41) is 27.0. The van der Waals surface area contributed by atoms with Crippen LogP contribution in [0.3, 0.4) is 0 Å². The van der Waals surface area contributed by atoms with Crippen LogP contribution in [0.5, 0.6) is 0 Å². The highest BCUT2D eigenvalue weighted by Gasteiger charge is 2.32. The molecule has 1 amide bonds. The lowest BCUT2D eigenvalue weighted by molar-refractivity contribution is -0.144. The van der Waals surface area contributed by atoms with Gasteiger partial charge in [0.05, 0.1) is 6.61 Å². The van der Waals surface area contributed by atoms with E-state index in [1.807, 2.05) is 6.92 Å². The molecule has 1 aliphatic heterocycles. The second-order valence-corrected chi connectivity index (χ2v) is 4.49. The van der Waals surface area contributed by atoms with Crippen molar-refractivity contribution in [1.29, 1.82) is 0 Å². The molecule has 0 aliphatic carbocycles. The number of aliphatic hydroxyl groups excluding tert-OH is 3. The smallest absolute Gasteiger partial charge is 0.253 e. The third-order valence-corrected chi connectivity index (χ3v) is 3.12. The Morgan fingerprint density at radius 3 is 2.33 bits per heavy atom. The standard InChI is InChI=1S/C10H19NO4/c1-10(7-13)2-4-11(5-3-10)9(15)8(14)6-12/h8,12-14H,2-7H2,1H3. The Morgan fingerprint density at radius 2 is 1.93 bits per heavy atom. The number of hydrogen-bond acceptors (Lipinski definition) is 4. The predicted molar refractivity (Wildman–Crippen MR) is 54.1 cm³/mol. The Kier molecular flexibility index (Phi) is 4.07. The summed E-state index contributed by atoms with van der Waals surface area (Å²) in [5.74, 6) is -0.419. The molecule has 3 N–H and O–H groups in total. The first-order valence-corrected chi connectivity index (χ1v) is 5.21. The highest BCUT2D eigenvalue weighted by molar-refractivity contribution is 5.80. The molecule has 0 bridgehead atoms. The fourth-order valence-corrected chi connectivity index (χ4v) is 1.71. The minimum Gasteiger partial charge on any atom is -0.396 e. The maximum Gasteiger partial charge on any atom is 0.253 e. The van der Waals surface area contributed by atoms with Gasteiger partial charge in [0.15, 0.2) is 6.10 Å². The normalized spacial score (nSPS) is 22.5. The van der Waals surface area contributed by atoms with Crippen LogP contribution in [0.1, 0.15) is 19.8 Å². The number of aliphatic hydroxyl groups is 3. The average molecular weight is 217 g/mol. The van der Waals surface area contributed by atoms with Crippen molar-refractivity contribution in [2.45, 2.75) is 25.9 Å². The zero-order chi connectivity index (χ0) is 11.5. The monoisotopic (exact) mass is 217 g/mol. The molecule has 88 valence electrons. The number of carbonyl (C=O) groups is 1. The Balaban J connectivity index is 2.47. The van der Waals surface area contributed by atoms with Gasteiger partial charge in [-0.3, -0.25) is 4.79 Å². The lowest BCUT2D eigenvalue weighted by Crippen LogP contribution is -2.47. The zero-order valence-corrected chi connectivity index (χ0v) is 9.02. The summed E-state index contributed by atoms with van der Waals surface area (Å²) in [6, 6.07) is 0. The Morgan fingerprint density at radius 1 is 1.40 bits per heavy atom. The van der Waals surface area contributed by atoms with Gasteiger partial charge in [0.1, 0.15) is 0 Å². The molecule has 1 atom stereocenters. The Labute approximate surface area is 89.3 Å². The molecule has 0 radical (unpaired) electrons. The van der Waals surface area contributed by atoms with Crippen molar-refractivity contribution in [3.8, 4) is 0 Å². The lowest BCUT2D eigenvalue weighted by Gasteiger charge is -2.38. The molecule has 5 heteroatoms. The van der Waals surface area contributed by atoms with Crippen LogP contribution in [-0.2, 0) is 4.79 Å². The van der Waals surface area contributed by atoms with Crippen LogP contribution in [0.2, 0.25) is 0 Å². The van der Waals surface area contributed by atoms with Gasteiger partial charge in [-0.1, -0.05) is 6.92 Å². The first-order valence-electron chi connectivity index (χ1n) is 5.21. The highest BCUT2D eigenvalue weighted by Crippen LogP contribution is 2.30. The van der Waals surface area contributed by atoms with E-state index < -0.39 is 18.6 Å². The van der Waals surface area contributed by atoms with Crippen LogP contribution < -0.4 is 0 Å². The molecule has 5 nitrogen and oxygen atoms in total. The Hall–Kier alpha value is -0.650. The zero-order valence-electron chi connectivity index (χ0n) is 9.02. The molecular formula is C10H19NO4. The van der Waals surface area contributed by atoms with Crippen LogP contribution in [0, 0.1) is 5.41 Å². The van der Waals surface area contributed by atoms with Crippen molar-refractivity contribution in [2.24, 2.45) is 5.41 Å². The van der Waals surface area contributed by atoms with Crippen LogP contribution in [-0.4, -0.2) is 58.5 Å². The van der Waals surface area contributed by atoms with Crippen molar-refractivity contribution in [3.63, 3.8) is 0 Å². The molecule has 0 spiro atoms. The largest absolute Gasteiger partial charge is 0.396 e. The number of piperidine rings is 1. The second kappa shape index (κ2) is 4.92. The molecule has 15 heavy (non-hydrogen) atoms. The molecule has 1 heterocycles. The van der Waals surface area contributed by atoms with Crippen molar-refractivity contribution < 1.29 is 20.1 Å². The number of amides is 1. The third-order valence-electron chi connectivity index (χ3n) is 3.12. The summed E-state index contributed by atoms with van der Waals surface area (Å²) in [4.78, 5) is 13.0. The maximum absolute atomic E-state index is 11.5. The van der Waals surface area contributed by atoms with Crippen molar-refractivity contribution in [2.75, 3.05) is 26.3 Å². The summed E-state index contributed by atoms with van der Waals surface area (Å²) in [6.45, 7) is 2.64. The number of rotatable bonds is 3. The fraction of sp³-hybridized carbons (Fsp3) is 0.900. The van der Waals surface area contributed by atoms with E-state index in [4.69, 9.17) is 10.2 Å². The molecule has 1 saturated heterocycles. The molecule has 0 aromatic carbocycles. The highest BCUT2D eigenvalue weighted by atomic mass is 16.3. The lowest BCUT2D eigenvalue weighted by atomic mass is 9.81. The van der Waals surface area contributed by atoms with E-state index in [9.17, 15) is 9.90 Å². The third kappa shape index (κ3) is 2.90. The topological polar surface area (TPSA) is 81.0 Å². The van der Waals surface area contributed by atoms with Gasteiger partial charge >= 0.3 is 0 Å². The van der Waals surface area contributed by atoms with E-state index in [1.54, 1.807) is 0 Å². The summed E-state index contributed by atoms with van der Waals surface area (Å²) in [7, 11) is 0. The number of nitrogens with zero attached hydrogens (tertiary/aromatic N) is 1. The van der Waals surface area contributed by atoms with Gasteiger partial charge in [0.2, 0.25) is 0 Å². The first-order chi connectivity index (χ1) is 7.02. The minimum absolute atomic E-state index is 0.110. The molecular weight excluding hydrogens is 198 g/mol. The fourth-order valence-electron chi connectivity index (χ4n) is 1.71. The number of hydrogen-bond donors (Lipinski definition) is 3. The van der Waals surface area contributed by atoms with Crippen LogP contribution in [0.25, 0.3) is 0 Å². The van der Waals surface area contributed by atoms with E-state index in [2.05, 4.69) is 0 Å². The Bertz CT molecular complexity index is 223. The molecule has 1 fully saturated rings. The SMILES string of the molecule is CC1(CO)CCN(C(=O)C(O)CO)CC1. The van der Waals surface area contributed by atoms with Crippen LogP contribution in [0.4, 0.5) is 0 Å². The second-order valence-electron chi connectivity index (χ2n) is 4.49. The molecule has 0 saturated carbocycles. The van der Waals surface area contributed by atoms with Gasteiger partial charge in [0.25, 0.3) is 5.91 Å². The predicted octanol–water partition coefficient (Wildman–Crippen LogP) is -1.04. The molecule has 1 unspecified atom stereocenters. The maximum atomic E-state index is 11.5. The minimum atomic E-state index is -1.30. The first kappa shape index (κ1) is 12.4. The van der Waals surface area contributed by atoms with E-state index in [0.717, 1.165) is 12.8 Å². The molecule has 1 aliphatic rings. The average Bonchev–Trinajstić information content (AvgIpc) is 2.28. The van der Waals surface area contributed by atoms with E-state index in [-0.39, 0.29) is 12.0 Å². The summed E-state index contributed by atoms with van der Waals surface area (Å²) in [5.41, 5.74) is -0.110. The molecule has 1 rings (SSSR count). The van der Waals surface area contributed by atoms with Crippen LogP contribution in [0.15, 0.2) is 0 Å². The van der Waals surface area contributed by atoms with Gasteiger partial charge < -0.3 is 20.2 Å². The molecule has 0 aromatic heterocycles. The quantitative estimate of drug-likeness (QED) is 0.564. The van der Waals surface area contributed by atoms with Crippen molar-refractivity contribution in [1.82, 2.24) is 4.90 Å². The van der Waals surface area contributed by atoms with Crippen molar-refractivity contribution in [3.05, 3.63) is 0 Å². The summed E-state index contributed by atoms with van der Waals surface area (Å²) >= 11 is 0. The van der Waals surface area contributed by atoms with Crippen molar-refractivity contribution >= 4 is 5.91 Å². The number of carbonyl (C=O) groups excluding carboxylic acids is 1. The van der Waals surface area contributed by atoms with Gasteiger partial charge in [-0.2, -0.15) is 0 Å². The van der Waals surface area contributed by atoms with E-state index in [1.165, 1.54) is 4.90 Å². The van der Waals surface area contributed by atoms with E-state index >= 15 is 0 Å². The van der Waals surface area contributed by atoms with E-state index in [0.29, 0.717) is 13.1 Å². The molecule has 0 aromatic rings. The van der Waals surface area contributed by atoms with Gasteiger partial charge in [-0.25, -0.2) is 0 Å². The number of likely N-dealkylation sites (tertiary alicyclic amines) is 1. The van der Waals surface area contributed by atoms with Gasteiger partial charge in [-0.05, 0) is 18.3 Å².